The van der Waals surface area contributed by atoms with Crippen molar-refractivity contribution in [1.82, 2.24) is 0 Å². The van der Waals surface area contributed by atoms with E-state index in [-0.39, 0.29) is 107 Å². The molecule has 2 radical (unpaired) electrons. The van der Waals surface area contributed by atoms with Crippen molar-refractivity contribution in [2.75, 3.05) is 0 Å². The molecule has 5 heavy (non-hydrogen) atoms. The van der Waals surface area contributed by atoms with Gasteiger partial charge in [0.25, 0.3) is 0 Å². The van der Waals surface area contributed by atoms with Crippen molar-refractivity contribution < 1.29 is 88.3 Å². The Labute approximate surface area is 105 Å². The fraction of sp³-hybridized carbons (Fsp3) is 0. The van der Waals surface area contributed by atoms with Crippen LogP contribution in [0.25, 0.3) is 0 Å². The molecule has 22 valence electrons. The van der Waals surface area contributed by atoms with Gasteiger partial charge >= 0.3 is 0 Å². The van der Waals surface area contributed by atoms with Gasteiger partial charge in [-0.1, -0.05) is 0 Å². The van der Waals surface area contributed by atoms with Crippen LogP contribution in [0.1, 0.15) is 0 Å². The first-order chi connectivity index (χ1) is 0. The van der Waals surface area contributed by atoms with Gasteiger partial charge in [-0.2, -0.15) is 0 Å². The van der Waals surface area contributed by atoms with E-state index < -0.39 is 0 Å². The smallest absolute Gasteiger partial charge is 0 e. The summed E-state index contributed by atoms with van der Waals surface area (Å²) < 4.78 is 0. The monoisotopic (exact) mass is 352 g/mol. The maximum absolute atomic E-state index is 0. The van der Waals surface area contributed by atoms with Crippen LogP contribution >= 0.6 is 0 Å². The Hall–Kier alpha value is 3.32. The van der Waals surface area contributed by atoms with E-state index in [9.17, 15) is 0 Å². The summed E-state index contributed by atoms with van der Waals surface area (Å²) in [5.41, 5.74) is 0. The molecule has 0 spiro atoms. The Kier molecular flexibility index (Phi) is 214. The molecule has 0 aromatic rings. The second-order valence-electron chi connectivity index (χ2n) is 0. The van der Waals surface area contributed by atoms with Crippen molar-refractivity contribution in [3.05, 3.63) is 0 Å². The van der Waals surface area contributed by atoms with Crippen LogP contribution in [-0.2, 0) is 47.3 Å². The van der Waals surface area contributed by atoms with Gasteiger partial charge in [0.1, 0.15) is 0 Å². The van der Waals surface area contributed by atoms with Crippen LogP contribution in [0, 0.1) is 35.6 Å². The van der Waals surface area contributed by atoms with Gasteiger partial charge in [-0.3, -0.25) is 0 Å². The fourth-order valence-electron chi connectivity index (χ4n) is 0. The zero-order valence-corrected chi connectivity index (χ0v) is 11.1. The minimum absolute atomic E-state index is 0. The SMILES string of the molecule is O.[La].[Li].[Mo].[Zr]. The van der Waals surface area contributed by atoms with E-state index in [4.69, 9.17) is 0 Å². The van der Waals surface area contributed by atoms with E-state index in [2.05, 4.69) is 0 Å². The van der Waals surface area contributed by atoms with E-state index in [0.717, 1.165) is 0 Å². The average Bonchev–Trinajstić information content (AvgIpc) is 0. The second kappa shape index (κ2) is 26.5. The van der Waals surface area contributed by atoms with Crippen molar-refractivity contribution in [2.24, 2.45) is 0 Å². The predicted molar refractivity (Wildman–Crippen MR) is 9.37 cm³/mol. The van der Waals surface area contributed by atoms with E-state index >= 15 is 0 Å². The third kappa shape index (κ3) is 18.8. The molecule has 0 saturated heterocycles. The summed E-state index contributed by atoms with van der Waals surface area (Å²) in [6.07, 6.45) is 0. The largest absolute Gasteiger partial charge is 0.412 e. The summed E-state index contributed by atoms with van der Waals surface area (Å²) in [5.74, 6) is 0. The fourth-order valence-corrected chi connectivity index (χ4v) is 0. The van der Waals surface area contributed by atoms with E-state index in [1.54, 1.807) is 0 Å². The standard InChI is InChI=1S/La.Li.Mo.H2O.Zr/h;;;1H2;. The van der Waals surface area contributed by atoms with Gasteiger partial charge in [0, 0.05) is 102 Å². The Morgan fingerprint density at radius 2 is 1.00 bits per heavy atom. The van der Waals surface area contributed by atoms with E-state index in [1.165, 1.54) is 0 Å². The first-order valence-corrected chi connectivity index (χ1v) is 0. The van der Waals surface area contributed by atoms with Gasteiger partial charge in [-0.25, -0.2) is 0 Å². The zero-order valence-electron chi connectivity index (χ0n) is 2.99. The van der Waals surface area contributed by atoms with E-state index in [0.29, 0.717) is 0 Å². The molecule has 5 heteroatoms. The molecule has 0 bridgehead atoms. The molecular formula is H2LaLiMoOZr. The summed E-state index contributed by atoms with van der Waals surface area (Å²) in [4.78, 5) is 0. The quantitative estimate of drug-likeness (QED) is 0.491. The molecule has 1 nitrogen and oxygen atoms in total. The Balaban J connectivity index is 0. The van der Waals surface area contributed by atoms with Gasteiger partial charge in [-0.05, 0) is 0 Å². The van der Waals surface area contributed by atoms with Gasteiger partial charge in [-0.15, -0.1) is 0 Å². The minimum atomic E-state index is 0. The summed E-state index contributed by atoms with van der Waals surface area (Å²) in [7, 11) is 0. The van der Waals surface area contributed by atoms with Crippen LogP contribution < -0.4 is 0 Å². The molecule has 2 N–H and O–H groups in total. The van der Waals surface area contributed by atoms with Gasteiger partial charge in [0.2, 0.25) is 0 Å². The Morgan fingerprint density at radius 1 is 1.00 bits per heavy atom. The van der Waals surface area contributed by atoms with Crippen molar-refractivity contribution in [1.29, 1.82) is 0 Å². The third-order valence-corrected chi connectivity index (χ3v) is 0. The first kappa shape index (κ1) is 40.4. The maximum atomic E-state index is 0. The van der Waals surface area contributed by atoms with Crippen molar-refractivity contribution in [3.63, 3.8) is 0 Å². The van der Waals surface area contributed by atoms with Crippen molar-refractivity contribution in [2.45, 2.75) is 0 Å². The van der Waals surface area contributed by atoms with E-state index in [1.807, 2.05) is 0 Å². The predicted octanol–water partition coefficient (Wildman–Crippen LogP) is -1.21. The Morgan fingerprint density at radius 3 is 1.00 bits per heavy atom. The summed E-state index contributed by atoms with van der Waals surface area (Å²) >= 11 is 0. The molecule has 0 atom stereocenters. The molecule has 0 amide bonds. The number of rotatable bonds is 0. The van der Waals surface area contributed by atoms with Crippen LogP contribution in [-0.4, -0.2) is 24.3 Å². The van der Waals surface area contributed by atoms with Crippen LogP contribution in [0.5, 0.6) is 0 Å². The van der Waals surface area contributed by atoms with Gasteiger partial charge in [0.15, 0.2) is 0 Å². The molecule has 0 rings (SSSR count). The molecule has 0 aromatic carbocycles. The maximum Gasteiger partial charge on any atom is 0 e. The van der Waals surface area contributed by atoms with Crippen LogP contribution in [0.3, 0.4) is 0 Å². The Bertz CT molecular complexity index is 11.6. The van der Waals surface area contributed by atoms with Crippen LogP contribution in [0.15, 0.2) is 0 Å². The molecule has 0 aliphatic carbocycles. The number of hydrogen-bond donors (Lipinski definition) is 0. The van der Waals surface area contributed by atoms with Crippen molar-refractivity contribution in [3.8, 4) is 0 Å². The summed E-state index contributed by atoms with van der Waals surface area (Å²) in [5, 5.41) is 0. The average molecular weight is 351 g/mol. The molecule has 0 fully saturated rings. The van der Waals surface area contributed by atoms with Gasteiger partial charge < -0.3 is 5.48 Å². The van der Waals surface area contributed by atoms with Crippen molar-refractivity contribution >= 4 is 18.9 Å². The summed E-state index contributed by atoms with van der Waals surface area (Å²) in [6, 6.07) is 0. The molecule has 0 heterocycles. The molecular weight excluding hydrogens is 349 g/mol. The summed E-state index contributed by atoms with van der Waals surface area (Å²) in [6.45, 7) is 0. The molecule has 0 aliphatic rings. The van der Waals surface area contributed by atoms with Crippen LogP contribution in [0.4, 0.5) is 0 Å². The second-order valence-corrected chi connectivity index (χ2v) is 0. The molecule has 0 aromatic heterocycles. The number of hydrogen-bond acceptors (Lipinski definition) is 0. The zero-order chi connectivity index (χ0) is 0. The molecule has 0 saturated carbocycles. The molecule has 0 unspecified atom stereocenters. The van der Waals surface area contributed by atoms with Crippen LogP contribution in [0.2, 0.25) is 0 Å². The molecule has 0 aliphatic heterocycles. The third-order valence-electron chi connectivity index (χ3n) is 0. The first-order valence-electron chi connectivity index (χ1n) is 0. The topological polar surface area (TPSA) is 31.5 Å². The minimum Gasteiger partial charge on any atom is -0.412 e. The normalized spacial score (nSPS) is 0. The van der Waals surface area contributed by atoms with Gasteiger partial charge in [0.05, 0.1) is 0 Å².